The number of Topliss-reactive ketones (excluding diaryl/α,β-unsaturated/α-hetero) is 1. The molecule has 3 nitrogen and oxygen atoms in total. The molecule has 0 saturated carbocycles. The fraction of sp³-hybridized carbons (Fsp3) is 0.111. The number of rotatable bonds is 3. The van der Waals surface area contributed by atoms with E-state index in [4.69, 9.17) is 5.11 Å². The second kappa shape index (κ2) is 4.09. The lowest BCUT2D eigenvalue weighted by molar-refractivity contribution is -0.164. The zero-order valence-corrected chi connectivity index (χ0v) is 8.48. The minimum absolute atomic E-state index is 0.269. The van der Waals surface area contributed by atoms with Gasteiger partial charge in [-0.25, -0.2) is 4.79 Å². The highest BCUT2D eigenvalue weighted by Gasteiger charge is 2.41. The predicted octanol–water partition coefficient (Wildman–Crippen LogP) is 2.59. The summed E-state index contributed by atoms with van der Waals surface area (Å²) in [6.07, 6.45) is -5.04. The second-order valence-electron chi connectivity index (χ2n) is 2.77. The van der Waals surface area contributed by atoms with Crippen LogP contribution < -0.4 is 0 Å². The zero-order valence-electron chi connectivity index (χ0n) is 7.67. The van der Waals surface area contributed by atoms with E-state index < -0.39 is 23.5 Å². The number of carboxylic acids is 1. The number of allylic oxidation sites excluding steroid dienone is 1. The number of thiophene rings is 1. The Morgan fingerprint density at radius 3 is 2.38 bits per heavy atom. The SMILES string of the molecule is C=C(C(=O)C(F)(F)F)c1sccc1C(=O)O. The van der Waals surface area contributed by atoms with Gasteiger partial charge in [0, 0.05) is 5.57 Å². The molecule has 86 valence electrons. The van der Waals surface area contributed by atoms with E-state index in [1.165, 1.54) is 5.38 Å². The molecule has 0 aliphatic carbocycles. The smallest absolute Gasteiger partial charge is 0.454 e. The van der Waals surface area contributed by atoms with Crippen molar-refractivity contribution in [3.63, 3.8) is 0 Å². The molecule has 0 aliphatic heterocycles. The van der Waals surface area contributed by atoms with E-state index in [0.29, 0.717) is 0 Å². The summed E-state index contributed by atoms with van der Waals surface area (Å²) in [5.74, 6) is -3.52. The van der Waals surface area contributed by atoms with E-state index in [0.717, 1.165) is 17.4 Å². The van der Waals surface area contributed by atoms with Gasteiger partial charge in [-0.05, 0) is 11.4 Å². The zero-order chi connectivity index (χ0) is 12.5. The summed E-state index contributed by atoms with van der Waals surface area (Å²) in [7, 11) is 0. The molecule has 7 heteroatoms. The van der Waals surface area contributed by atoms with E-state index in [9.17, 15) is 22.8 Å². The minimum atomic E-state index is -5.04. The van der Waals surface area contributed by atoms with E-state index in [1.807, 2.05) is 0 Å². The summed E-state index contributed by atoms with van der Waals surface area (Å²) in [6.45, 7) is 2.98. The lowest BCUT2D eigenvalue weighted by Crippen LogP contribution is -2.23. The monoisotopic (exact) mass is 250 g/mol. The van der Waals surface area contributed by atoms with Crippen molar-refractivity contribution in [2.24, 2.45) is 0 Å². The fourth-order valence-electron chi connectivity index (χ4n) is 0.986. The number of carbonyl (C=O) groups is 2. The van der Waals surface area contributed by atoms with Gasteiger partial charge in [-0.2, -0.15) is 13.2 Å². The van der Waals surface area contributed by atoms with E-state index in [-0.39, 0.29) is 10.4 Å². The Morgan fingerprint density at radius 1 is 1.38 bits per heavy atom. The van der Waals surface area contributed by atoms with Gasteiger partial charge >= 0.3 is 12.1 Å². The maximum Gasteiger partial charge on any atom is 0.454 e. The first-order valence-electron chi connectivity index (χ1n) is 3.86. The first-order valence-corrected chi connectivity index (χ1v) is 4.74. The van der Waals surface area contributed by atoms with Crippen LogP contribution >= 0.6 is 11.3 Å². The molecule has 0 aliphatic rings. The van der Waals surface area contributed by atoms with Crippen LogP contribution in [0.5, 0.6) is 0 Å². The van der Waals surface area contributed by atoms with Gasteiger partial charge in [0.05, 0.1) is 10.4 Å². The summed E-state index contributed by atoms with van der Waals surface area (Å²) in [6, 6.07) is 1.12. The van der Waals surface area contributed by atoms with Gasteiger partial charge in [0.1, 0.15) is 0 Å². The Hall–Kier alpha value is -1.63. The summed E-state index contributed by atoms with van der Waals surface area (Å²) < 4.78 is 36.2. The highest BCUT2D eigenvalue weighted by atomic mass is 32.1. The Labute approximate surface area is 91.8 Å². The van der Waals surface area contributed by atoms with Gasteiger partial charge in [0.25, 0.3) is 5.78 Å². The number of carboxylic acid groups (broad SMARTS) is 1. The predicted molar refractivity (Wildman–Crippen MR) is 51.4 cm³/mol. The van der Waals surface area contributed by atoms with Gasteiger partial charge in [-0.1, -0.05) is 6.58 Å². The first kappa shape index (κ1) is 12.4. The largest absolute Gasteiger partial charge is 0.478 e. The molecule has 1 aromatic heterocycles. The number of hydrogen-bond acceptors (Lipinski definition) is 3. The fourth-order valence-corrected chi connectivity index (χ4v) is 1.84. The average Bonchev–Trinajstić information content (AvgIpc) is 2.62. The highest BCUT2D eigenvalue weighted by Crippen LogP contribution is 2.30. The van der Waals surface area contributed by atoms with E-state index in [1.54, 1.807) is 0 Å². The number of carbonyl (C=O) groups excluding carboxylic acids is 1. The van der Waals surface area contributed by atoms with E-state index in [2.05, 4.69) is 6.58 Å². The molecule has 1 rings (SSSR count). The topological polar surface area (TPSA) is 54.4 Å². The standard InChI is InChI=1S/C9H5F3O3S/c1-4(7(13)9(10,11)12)6-5(8(14)15)2-3-16-6/h2-3H,1H2,(H,14,15). The van der Waals surface area contributed by atoms with Crippen molar-refractivity contribution in [3.8, 4) is 0 Å². The van der Waals surface area contributed by atoms with Crippen molar-refractivity contribution in [2.75, 3.05) is 0 Å². The van der Waals surface area contributed by atoms with Crippen LogP contribution in [0.25, 0.3) is 5.57 Å². The summed E-state index contributed by atoms with van der Waals surface area (Å²) in [4.78, 5) is 21.2. The third-order valence-corrected chi connectivity index (χ3v) is 2.68. The van der Waals surface area contributed by atoms with Crippen LogP contribution in [0.2, 0.25) is 0 Å². The first-order chi connectivity index (χ1) is 7.25. The Kier molecular flexibility index (Phi) is 3.18. The maximum atomic E-state index is 12.1. The molecular formula is C9H5F3O3S. The number of hydrogen-bond donors (Lipinski definition) is 1. The van der Waals surface area contributed by atoms with Crippen molar-refractivity contribution in [2.45, 2.75) is 6.18 Å². The minimum Gasteiger partial charge on any atom is -0.478 e. The number of ketones is 1. The van der Waals surface area contributed by atoms with Gasteiger partial charge < -0.3 is 5.11 Å². The number of halogens is 3. The third kappa shape index (κ3) is 2.30. The molecule has 0 spiro atoms. The normalized spacial score (nSPS) is 11.2. The molecule has 1 heterocycles. The second-order valence-corrected chi connectivity index (χ2v) is 3.69. The Bertz CT molecular complexity index is 459. The quantitative estimate of drug-likeness (QED) is 0.839. The molecular weight excluding hydrogens is 245 g/mol. The summed E-state index contributed by atoms with van der Waals surface area (Å²) in [5.41, 5.74) is -1.20. The van der Waals surface area contributed by atoms with Gasteiger partial charge in [-0.15, -0.1) is 11.3 Å². The number of aromatic carboxylic acids is 1. The third-order valence-electron chi connectivity index (χ3n) is 1.70. The molecule has 0 saturated heterocycles. The van der Waals surface area contributed by atoms with Crippen LogP contribution in [0, 0.1) is 0 Å². The van der Waals surface area contributed by atoms with Crippen LogP contribution in [0.3, 0.4) is 0 Å². The lowest BCUT2D eigenvalue weighted by Gasteiger charge is -2.07. The molecule has 0 unspecified atom stereocenters. The van der Waals surface area contributed by atoms with Gasteiger partial charge in [-0.3, -0.25) is 4.79 Å². The molecule has 0 aromatic carbocycles. The molecule has 16 heavy (non-hydrogen) atoms. The Balaban J connectivity index is 3.11. The van der Waals surface area contributed by atoms with Crippen molar-refractivity contribution in [1.29, 1.82) is 0 Å². The summed E-state index contributed by atoms with van der Waals surface area (Å²) >= 11 is 0.729. The van der Waals surface area contributed by atoms with Crippen LogP contribution in [0.15, 0.2) is 18.0 Å². The van der Waals surface area contributed by atoms with Gasteiger partial charge in [0.2, 0.25) is 0 Å². The Morgan fingerprint density at radius 2 is 1.94 bits per heavy atom. The summed E-state index contributed by atoms with van der Waals surface area (Å²) in [5, 5.41) is 9.95. The average molecular weight is 250 g/mol. The van der Waals surface area contributed by atoms with Crippen LogP contribution in [-0.2, 0) is 4.79 Å². The lowest BCUT2D eigenvalue weighted by atomic mass is 10.1. The van der Waals surface area contributed by atoms with Crippen LogP contribution in [0.1, 0.15) is 15.2 Å². The van der Waals surface area contributed by atoms with Gasteiger partial charge in [0.15, 0.2) is 0 Å². The highest BCUT2D eigenvalue weighted by molar-refractivity contribution is 7.12. The molecule has 0 atom stereocenters. The molecule has 1 N–H and O–H groups in total. The maximum absolute atomic E-state index is 12.1. The molecule has 0 radical (unpaired) electrons. The molecule has 0 fully saturated rings. The molecule has 0 amide bonds. The number of alkyl halides is 3. The van der Waals surface area contributed by atoms with Crippen molar-refractivity contribution in [1.82, 2.24) is 0 Å². The van der Waals surface area contributed by atoms with Crippen molar-refractivity contribution < 1.29 is 27.9 Å². The van der Waals surface area contributed by atoms with E-state index >= 15 is 0 Å². The molecule has 0 bridgehead atoms. The van der Waals surface area contributed by atoms with Crippen LogP contribution in [-0.4, -0.2) is 23.0 Å². The van der Waals surface area contributed by atoms with Crippen LogP contribution in [0.4, 0.5) is 13.2 Å². The van der Waals surface area contributed by atoms with Crippen molar-refractivity contribution in [3.05, 3.63) is 28.5 Å². The van der Waals surface area contributed by atoms with Crippen molar-refractivity contribution >= 4 is 28.7 Å². The molecule has 1 aromatic rings.